The van der Waals surface area contributed by atoms with Crippen molar-refractivity contribution in [3.63, 3.8) is 0 Å². The lowest BCUT2D eigenvalue weighted by Gasteiger charge is -2.09. The normalized spacial score (nSPS) is 10.6. The smallest absolute Gasteiger partial charge is 0.343 e. The van der Waals surface area contributed by atoms with Gasteiger partial charge in [0, 0.05) is 0 Å². The van der Waals surface area contributed by atoms with Crippen LogP contribution in [0.4, 0.5) is 0 Å². The predicted molar refractivity (Wildman–Crippen MR) is 115 cm³/mol. The fraction of sp³-hybridized carbons (Fsp3) is 0.440. The molecule has 0 spiro atoms. The molecule has 2 aromatic rings. The van der Waals surface area contributed by atoms with Gasteiger partial charge in [0.15, 0.2) is 0 Å². The van der Waals surface area contributed by atoms with Crippen molar-refractivity contribution in [3.05, 3.63) is 65.2 Å². The van der Waals surface area contributed by atoms with Crippen LogP contribution >= 0.6 is 0 Å². The van der Waals surface area contributed by atoms with Crippen LogP contribution in [-0.2, 0) is 11.2 Å². The van der Waals surface area contributed by atoms with Crippen LogP contribution in [0.1, 0.15) is 85.1 Å². The Morgan fingerprint density at radius 2 is 1.41 bits per heavy atom. The Hall–Kier alpha value is -2.62. The third kappa shape index (κ3) is 7.72. The average Bonchev–Trinajstić information content (AvgIpc) is 2.74. The number of carbonyl (C=O) groups excluding carboxylic acids is 2. The molecule has 0 aliphatic rings. The van der Waals surface area contributed by atoms with Crippen molar-refractivity contribution in [2.24, 2.45) is 0 Å². The van der Waals surface area contributed by atoms with E-state index in [0.717, 1.165) is 6.42 Å². The number of esters is 2. The second-order valence-corrected chi connectivity index (χ2v) is 7.17. The van der Waals surface area contributed by atoms with Crippen molar-refractivity contribution in [1.29, 1.82) is 0 Å². The monoisotopic (exact) mass is 396 g/mol. The summed E-state index contributed by atoms with van der Waals surface area (Å²) in [5.74, 6) is -0.770. The van der Waals surface area contributed by atoms with Gasteiger partial charge in [0.1, 0.15) is 11.3 Å². The molecule has 0 saturated heterocycles. The van der Waals surface area contributed by atoms with Crippen LogP contribution in [0.5, 0.6) is 5.75 Å². The zero-order valence-electron chi connectivity index (χ0n) is 17.6. The molecule has 0 aliphatic carbocycles. The number of unbranched alkanes of at least 4 members (excludes halogenated alkanes) is 6. The Morgan fingerprint density at radius 3 is 2.10 bits per heavy atom. The van der Waals surface area contributed by atoms with E-state index >= 15 is 0 Å². The molecule has 29 heavy (non-hydrogen) atoms. The van der Waals surface area contributed by atoms with E-state index in [9.17, 15) is 9.59 Å². The second kappa shape index (κ2) is 12.8. The van der Waals surface area contributed by atoms with Crippen LogP contribution in [-0.4, -0.2) is 18.5 Å². The van der Waals surface area contributed by atoms with E-state index in [2.05, 4.69) is 6.92 Å². The fourth-order valence-corrected chi connectivity index (χ4v) is 3.19. The number of aryl methyl sites for hydroxylation is 1. The van der Waals surface area contributed by atoms with Gasteiger partial charge in [0.25, 0.3) is 0 Å². The van der Waals surface area contributed by atoms with Gasteiger partial charge in [0.2, 0.25) is 0 Å². The van der Waals surface area contributed by atoms with Crippen LogP contribution in [0, 0.1) is 0 Å². The Morgan fingerprint density at radius 1 is 0.759 bits per heavy atom. The summed E-state index contributed by atoms with van der Waals surface area (Å²) < 4.78 is 10.5. The van der Waals surface area contributed by atoms with Gasteiger partial charge in [-0.15, -0.1) is 0 Å². The number of rotatable bonds is 12. The molecule has 0 heterocycles. The lowest BCUT2D eigenvalue weighted by molar-refractivity contribution is 0.0520. The summed E-state index contributed by atoms with van der Waals surface area (Å²) in [5, 5.41) is 0. The van der Waals surface area contributed by atoms with E-state index in [4.69, 9.17) is 9.47 Å². The van der Waals surface area contributed by atoms with Crippen LogP contribution < -0.4 is 4.74 Å². The van der Waals surface area contributed by atoms with Gasteiger partial charge in [-0.05, 0) is 49.6 Å². The molecule has 2 aromatic carbocycles. The summed E-state index contributed by atoms with van der Waals surface area (Å²) in [5.41, 5.74) is 1.94. The molecular weight excluding hydrogens is 364 g/mol. The van der Waals surface area contributed by atoms with Crippen molar-refractivity contribution in [3.8, 4) is 5.75 Å². The first kappa shape index (κ1) is 22.7. The number of ether oxygens (including phenoxy) is 2. The highest BCUT2D eigenvalue weighted by Gasteiger charge is 2.16. The summed E-state index contributed by atoms with van der Waals surface area (Å²) in [6.45, 7) is 4.24. The van der Waals surface area contributed by atoms with Gasteiger partial charge in [-0.2, -0.15) is 0 Å². The van der Waals surface area contributed by atoms with Gasteiger partial charge < -0.3 is 9.47 Å². The summed E-state index contributed by atoms with van der Waals surface area (Å²) in [6.07, 6.45) is 10.0. The molecule has 0 unspecified atom stereocenters. The van der Waals surface area contributed by atoms with Crippen LogP contribution in [0.25, 0.3) is 0 Å². The molecule has 0 aliphatic heterocycles. The molecule has 0 radical (unpaired) electrons. The molecule has 4 heteroatoms. The summed E-state index contributed by atoms with van der Waals surface area (Å²) >= 11 is 0. The Balaban J connectivity index is 1.86. The van der Waals surface area contributed by atoms with Crippen molar-refractivity contribution in [2.45, 2.75) is 65.2 Å². The largest absolute Gasteiger partial charge is 0.462 e. The first-order valence-corrected chi connectivity index (χ1v) is 10.7. The van der Waals surface area contributed by atoms with Crippen molar-refractivity contribution in [1.82, 2.24) is 0 Å². The minimum atomic E-state index is -0.499. The van der Waals surface area contributed by atoms with Crippen molar-refractivity contribution >= 4 is 11.9 Å². The lowest BCUT2D eigenvalue weighted by Crippen LogP contribution is -2.13. The first-order valence-electron chi connectivity index (χ1n) is 10.7. The van der Waals surface area contributed by atoms with Crippen molar-refractivity contribution in [2.75, 3.05) is 6.61 Å². The zero-order chi connectivity index (χ0) is 20.9. The first-order chi connectivity index (χ1) is 14.2. The molecular formula is C25H32O4. The molecule has 2 rings (SSSR count). The van der Waals surface area contributed by atoms with Crippen LogP contribution in [0.15, 0.2) is 48.5 Å². The maximum Gasteiger partial charge on any atom is 0.343 e. The minimum absolute atomic E-state index is 0.211. The third-order valence-corrected chi connectivity index (χ3v) is 4.84. The molecule has 0 N–H and O–H groups in total. The van der Waals surface area contributed by atoms with Crippen LogP contribution in [0.3, 0.4) is 0 Å². The average molecular weight is 397 g/mol. The number of para-hydroxylation sites is 1. The summed E-state index contributed by atoms with van der Waals surface area (Å²) in [4.78, 5) is 24.5. The molecule has 0 atom stereocenters. The number of carbonyl (C=O) groups is 2. The molecule has 0 aromatic heterocycles. The summed E-state index contributed by atoms with van der Waals surface area (Å²) in [7, 11) is 0. The number of benzene rings is 2. The van der Waals surface area contributed by atoms with Crippen LogP contribution in [0.2, 0.25) is 0 Å². The van der Waals surface area contributed by atoms with E-state index in [-0.39, 0.29) is 17.9 Å². The van der Waals surface area contributed by atoms with E-state index in [1.807, 2.05) is 12.1 Å². The van der Waals surface area contributed by atoms with Gasteiger partial charge in [-0.25, -0.2) is 9.59 Å². The molecule has 0 fully saturated rings. The van der Waals surface area contributed by atoms with E-state index in [1.54, 1.807) is 43.3 Å². The fourth-order valence-electron chi connectivity index (χ4n) is 3.19. The Labute approximate surface area is 174 Å². The van der Waals surface area contributed by atoms with E-state index in [0.29, 0.717) is 5.56 Å². The predicted octanol–water partition coefficient (Wildman–Crippen LogP) is 6.38. The van der Waals surface area contributed by atoms with Gasteiger partial charge in [-0.1, -0.05) is 69.7 Å². The highest BCUT2D eigenvalue weighted by atomic mass is 16.5. The summed E-state index contributed by atoms with van der Waals surface area (Å²) in [6, 6.07) is 14.1. The molecule has 0 amide bonds. The van der Waals surface area contributed by atoms with Gasteiger partial charge in [0.05, 0.1) is 12.2 Å². The Bertz CT molecular complexity index is 765. The minimum Gasteiger partial charge on any atom is -0.462 e. The molecule has 4 nitrogen and oxygen atoms in total. The van der Waals surface area contributed by atoms with Crippen molar-refractivity contribution < 1.29 is 19.1 Å². The molecule has 156 valence electrons. The standard InChI is InChI=1S/C25H32O4/c1-3-5-6-7-8-9-10-13-20-16-18-21(19-17-20)24(26)29-23-15-12-11-14-22(23)25(27)28-4-2/h11-12,14-19H,3-10,13H2,1-2H3. The Kier molecular flexibility index (Phi) is 9.98. The second-order valence-electron chi connectivity index (χ2n) is 7.17. The third-order valence-electron chi connectivity index (χ3n) is 4.84. The molecule has 0 saturated carbocycles. The highest BCUT2D eigenvalue weighted by molar-refractivity contribution is 5.96. The quantitative estimate of drug-likeness (QED) is 0.237. The number of hydrogen-bond donors (Lipinski definition) is 0. The maximum atomic E-state index is 12.5. The lowest BCUT2D eigenvalue weighted by atomic mass is 10.0. The van der Waals surface area contributed by atoms with Gasteiger partial charge >= 0.3 is 11.9 Å². The molecule has 0 bridgehead atoms. The van der Waals surface area contributed by atoms with Gasteiger partial charge in [-0.3, -0.25) is 0 Å². The number of hydrogen-bond acceptors (Lipinski definition) is 4. The van der Waals surface area contributed by atoms with E-state index in [1.165, 1.54) is 50.5 Å². The van der Waals surface area contributed by atoms with E-state index < -0.39 is 11.9 Å². The maximum absolute atomic E-state index is 12.5. The topological polar surface area (TPSA) is 52.6 Å². The zero-order valence-corrected chi connectivity index (χ0v) is 17.6. The highest BCUT2D eigenvalue weighted by Crippen LogP contribution is 2.21. The SMILES string of the molecule is CCCCCCCCCc1ccc(C(=O)Oc2ccccc2C(=O)OCC)cc1.